The van der Waals surface area contributed by atoms with Crippen molar-refractivity contribution in [3.05, 3.63) is 0 Å². The van der Waals surface area contributed by atoms with Crippen molar-refractivity contribution in [2.24, 2.45) is 22.4 Å². The summed E-state index contributed by atoms with van der Waals surface area (Å²) < 4.78 is 5.57. The Hall–Kier alpha value is -0.770. The van der Waals surface area contributed by atoms with Crippen LogP contribution in [0.5, 0.6) is 0 Å². The number of nitrogens with two attached hydrogens (primary N) is 2. The zero-order chi connectivity index (χ0) is 8.55. The highest BCUT2D eigenvalue weighted by Crippen LogP contribution is 2.39. The van der Waals surface area contributed by atoms with Gasteiger partial charge in [-0.25, -0.2) is 4.99 Å². The predicted molar refractivity (Wildman–Crippen MR) is 46.7 cm³/mol. The second kappa shape index (κ2) is 2.94. The summed E-state index contributed by atoms with van der Waals surface area (Å²) in [5.41, 5.74) is 10.7. The number of aliphatic imine (C=N–C) groups is 1. The fourth-order valence-corrected chi connectivity index (χ4v) is 1.80. The van der Waals surface area contributed by atoms with Crippen LogP contribution in [0, 0.1) is 5.92 Å². The largest absolute Gasteiger partial charge is 0.376 e. The zero-order valence-electron chi connectivity index (χ0n) is 7.07. The van der Waals surface area contributed by atoms with Crippen molar-refractivity contribution >= 4 is 5.96 Å². The molecule has 2 aliphatic rings. The first-order valence-corrected chi connectivity index (χ1v) is 4.47. The van der Waals surface area contributed by atoms with E-state index in [2.05, 4.69) is 4.99 Å². The third-order valence-corrected chi connectivity index (χ3v) is 2.50. The minimum Gasteiger partial charge on any atom is -0.376 e. The third kappa shape index (κ3) is 1.53. The molecule has 1 aliphatic carbocycles. The first-order valence-electron chi connectivity index (χ1n) is 4.47. The van der Waals surface area contributed by atoms with E-state index in [4.69, 9.17) is 16.2 Å². The summed E-state index contributed by atoms with van der Waals surface area (Å²) in [7, 11) is 0. The Morgan fingerprint density at radius 1 is 1.25 bits per heavy atom. The molecule has 68 valence electrons. The second-order valence-electron chi connectivity index (χ2n) is 3.58. The molecule has 2 unspecified atom stereocenters. The van der Waals surface area contributed by atoms with Gasteiger partial charge in [0.1, 0.15) is 0 Å². The molecule has 0 radical (unpaired) electrons. The maximum atomic E-state index is 5.57. The SMILES string of the molecule is NC(N)=NC1CCOC1C1CC1. The van der Waals surface area contributed by atoms with Crippen LogP contribution >= 0.6 is 0 Å². The number of rotatable bonds is 2. The van der Waals surface area contributed by atoms with Crippen LogP contribution in [0.4, 0.5) is 0 Å². The number of nitrogens with zero attached hydrogens (tertiary/aromatic N) is 1. The van der Waals surface area contributed by atoms with E-state index in [1.165, 1.54) is 12.8 Å². The van der Waals surface area contributed by atoms with Crippen LogP contribution in [0.2, 0.25) is 0 Å². The van der Waals surface area contributed by atoms with Crippen molar-refractivity contribution in [3.8, 4) is 0 Å². The molecule has 4 heteroatoms. The van der Waals surface area contributed by atoms with Gasteiger partial charge in [0.05, 0.1) is 12.1 Å². The normalized spacial score (nSPS) is 35.0. The van der Waals surface area contributed by atoms with E-state index in [1.54, 1.807) is 0 Å². The molecular formula is C8H15N3O. The van der Waals surface area contributed by atoms with Gasteiger partial charge in [0.25, 0.3) is 0 Å². The predicted octanol–water partition coefficient (Wildman–Crippen LogP) is -0.173. The van der Waals surface area contributed by atoms with Crippen molar-refractivity contribution in [2.75, 3.05) is 6.61 Å². The van der Waals surface area contributed by atoms with Crippen LogP contribution in [0.25, 0.3) is 0 Å². The molecule has 4 N–H and O–H groups in total. The quantitative estimate of drug-likeness (QED) is 0.445. The Morgan fingerprint density at radius 3 is 2.58 bits per heavy atom. The Kier molecular flexibility index (Phi) is 1.92. The Morgan fingerprint density at radius 2 is 2.00 bits per heavy atom. The average molecular weight is 169 g/mol. The molecule has 4 nitrogen and oxygen atoms in total. The molecule has 1 saturated carbocycles. The molecule has 0 aromatic rings. The van der Waals surface area contributed by atoms with Gasteiger partial charge in [-0.15, -0.1) is 0 Å². The summed E-state index contributed by atoms with van der Waals surface area (Å²) >= 11 is 0. The lowest BCUT2D eigenvalue weighted by Crippen LogP contribution is -2.29. The van der Waals surface area contributed by atoms with Gasteiger partial charge in [-0.05, 0) is 25.2 Å². The van der Waals surface area contributed by atoms with Crippen LogP contribution in [0.15, 0.2) is 4.99 Å². The molecule has 0 aromatic carbocycles. The summed E-state index contributed by atoms with van der Waals surface area (Å²) in [6.45, 7) is 0.808. The highest BCUT2D eigenvalue weighted by molar-refractivity contribution is 5.75. The van der Waals surface area contributed by atoms with Crippen molar-refractivity contribution in [1.82, 2.24) is 0 Å². The second-order valence-corrected chi connectivity index (χ2v) is 3.58. The minimum absolute atomic E-state index is 0.191. The topological polar surface area (TPSA) is 73.6 Å². The van der Waals surface area contributed by atoms with Crippen LogP contribution in [-0.2, 0) is 4.74 Å². The maximum absolute atomic E-state index is 5.57. The number of ether oxygens (including phenoxy) is 1. The van der Waals surface area contributed by atoms with Crippen molar-refractivity contribution in [1.29, 1.82) is 0 Å². The molecule has 0 bridgehead atoms. The first kappa shape index (κ1) is 7.86. The van der Waals surface area contributed by atoms with E-state index in [-0.39, 0.29) is 12.0 Å². The molecule has 0 spiro atoms. The Balaban J connectivity index is 1.98. The fourth-order valence-electron chi connectivity index (χ4n) is 1.80. The summed E-state index contributed by atoms with van der Waals surface area (Å²) in [5.74, 6) is 0.914. The van der Waals surface area contributed by atoms with Gasteiger partial charge in [0.15, 0.2) is 5.96 Å². The number of guanidine groups is 1. The highest BCUT2D eigenvalue weighted by atomic mass is 16.5. The summed E-state index contributed by atoms with van der Waals surface area (Å²) in [6.07, 6.45) is 3.83. The van der Waals surface area contributed by atoms with Gasteiger partial charge in [-0.1, -0.05) is 0 Å². The van der Waals surface area contributed by atoms with E-state index in [1.807, 2.05) is 0 Å². The molecule has 1 aliphatic heterocycles. The van der Waals surface area contributed by atoms with E-state index in [0.29, 0.717) is 6.10 Å². The van der Waals surface area contributed by atoms with Gasteiger partial charge in [0.2, 0.25) is 0 Å². The molecule has 2 rings (SSSR count). The van der Waals surface area contributed by atoms with Gasteiger partial charge < -0.3 is 16.2 Å². The Bertz CT molecular complexity index is 196. The van der Waals surface area contributed by atoms with Gasteiger partial charge in [-0.2, -0.15) is 0 Å². The molecule has 2 fully saturated rings. The van der Waals surface area contributed by atoms with Crippen molar-refractivity contribution in [2.45, 2.75) is 31.4 Å². The number of hydrogen-bond acceptors (Lipinski definition) is 2. The maximum Gasteiger partial charge on any atom is 0.186 e. The van der Waals surface area contributed by atoms with Crippen LogP contribution in [0.1, 0.15) is 19.3 Å². The smallest absolute Gasteiger partial charge is 0.186 e. The molecule has 2 atom stereocenters. The first-order chi connectivity index (χ1) is 5.77. The fraction of sp³-hybridized carbons (Fsp3) is 0.875. The van der Waals surface area contributed by atoms with Crippen LogP contribution < -0.4 is 11.5 Å². The van der Waals surface area contributed by atoms with Gasteiger partial charge in [-0.3, -0.25) is 0 Å². The molecule has 0 aromatic heterocycles. The standard InChI is InChI=1S/C8H15N3O/c9-8(10)11-6-3-4-12-7(6)5-1-2-5/h5-7H,1-4H2,(H4,9,10,11). The zero-order valence-corrected chi connectivity index (χ0v) is 7.07. The van der Waals surface area contributed by atoms with Crippen LogP contribution in [0.3, 0.4) is 0 Å². The lowest BCUT2D eigenvalue weighted by atomic mass is 10.1. The molecule has 1 saturated heterocycles. The van der Waals surface area contributed by atoms with E-state index in [9.17, 15) is 0 Å². The molecule has 1 heterocycles. The van der Waals surface area contributed by atoms with E-state index < -0.39 is 0 Å². The summed E-state index contributed by atoms with van der Waals surface area (Å²) in [4.78, 5) is 4.17. The molecule has 12 heavy (non-hydrogen) atoms. The van der Waals surface area contributed by atoms with E-state index in [0.717, 1.165) is 18.9 Å². The van der Waals surface area contributed by atoms with Gasteiger partial charge in [0, 0.05) is 6.61 Å². The monoisotopic (exact) mass is 169 g/mol. The van der Waals surface area contributed by atoms with Crippen LogP contribution in [-0.4, -0.2) is 24.7 Å². The van der Waals surface area contributed by atoms with Crippen molar-refractivity contribution in [3.63, 3.8) is 0 Å². The van der Waals surface area contributed by atoms with Gasteiger partial charge >= 0.3 is 0 Å². The summed E-state index contributed by atoms with van der Waals surface area (Å²) in [5, 5.41) is 0. The van der Waals surface area contributed by atoms with E-state index >= 15 is 0 Å². The van der Waals surface area contributed by atoms with Crippen molar-refractivity contribution < 1.29 is 4.74 Å². The Labute approximate surface area is 72.0 Å². The number of hydrogen-bond donors (Lipinski definition) is 2. The third-order valence-electron chi connectivity index (χ3n) is 2.50. The summed E-state index contributed by atoms with van der Waals surface area (Å²) in [6, 6.07) is 0.225. The lowest BCUT2D eigenvalue weighted by molar-refractivity contribution is 0.0875. The lowest BCUT2D eigenvalue weighted by Gasteiger charge is -2.13. The molecular weight excluding hydrogens is 154 g/mol. The average Bonchev–Trinajstić information content (AvgIpc) is 2.73. The molecule has 0 amide bonds. The highest BCUT2D eigenvalue weighted by Gasteiger charge is 2.40. The minimum atomic E-state index is 0.191.